The van der Waals surface area contributed by atoms with Crippen molar-refractivity contribution in [1.29, 1.82) is 0 Å². The standard InChI is InChI=1S/C14H29NO4/c1-6-18-12(19-7-2)9-8-10-15(13(16)17)11-14(3,4)5/h12H,6-11H2,1-5H3,(H,16,17). The Morgan fingerprint density at radius 2 is 1.74 bits per heavy atom. The molecule has 0 fully saturated rings. The zero-order valence-electron chi connectivity index (χ0n) is 12.9. The van der Waals surface area contributed by atoms with Crippen LogP contribution in [0.2, 0.25) is 0 Å². The van der Waals surface area contributed by atoms with E-state index in [2.05, 4.69) is 0 Å². The molecule has 0 aromatic rings. The summed E-state index contributed by atoms with van der Waals surface area (Å²) >= 11 is 0. The number of carboxylic acid groups (broad SMARTS) is 1. The van der Waals surface area contributed by atoms with E-state index in [1.807, 2.05) is 34.6 Å². The maximum Gasteiger partial charge on any atom is 0.407 e. The number of rotatable bonds is 9. The van der Waals surface area contributed by atoms with E-state index < -0.39 is 6.09 Å². The predicted octanol–water partition coefficient (Wildman–Crippen LogP) is 3.19. The normalized spacial score (nSPS) is 11.9. The second kappa shape index (κ2) is 9.15. The summed E-state index contributed by atoms with van der Waals surface area (Å²) in [5.41, 5.74) is -0.0301. The maximum atomic E-state index is 11.2. The van der Waals surface area contributed by atoms with Gasteiger partial charge in [0.25, 0.3) is 0 Å². The number of amides is 1. The largest absolute Gasteiger partial charge is 0.465 e. The lowest BCUT2D eigenvalue weighted by molar-refractivity contribution is -0.140. The summed E-state index contributed by atoms with van der Waals surface area (Å²) in [6, 6.07) is 0. The highest BCUT2D eigenvalue weighted by molar-refractivity contribution is 5.64. The monoisotopic (exact) mass is 275 g/mol. The van der Waals surface area contributed by atoms with Crippen LogP contribution in [0.25, 0.3) is 0 Å². The van der Waals surface area contributed by atoms with E-state index in [0.29, 0.717) is 26.3 Å². The molecule has 0 radical (unpaired) electrons. The topological polar surface area (TPSA) is 59.0 Å². The van der Waals surface area contributed by atoms with E-state index in [9.17, 15) is 9.90 Å². The van der Waals surface area contributed by atoms with Crippen LogP contribution in [0.3, 0.4) is 0 Å². The Labute approximate surface area is 116 Å². The molecule has 5 heteroatoms. The molecule has 0 heterocycles. The van der Waals surface area contributed by atoms with Gasteiger partial charge >= 0.3 is 6.09 Å². The molecule has 0 spiro atoms. The summed E-state index contributed by atoms with van der Waals surface area (Å²) in [6.07, 6.45) is 0.377. The predicted molar refractivity (Wildman–Crippen MR) is 75.3 cm³/mol. The van der Waals surface area contributed by atoms with Gasteiger partial charge in [-0.05, 0) is 25.7 Å². The average Bonchev–Trinajstić information content (AvgIpc) is 2.26. The fourth-order valence-electron chi connectivity index (χ4n) is 1.85. The second-order valence-corrected chi connectivity index (χ2v) is 5.75. The van der Waals surface area contributed by atoms with Crippen molar-refractivity contribution in [2.24, 2.45) is 5.41 Å². The Kier molecular flexibility index (Phi) is 8.76. The van der Waals surface area contributed by atoms with Gasteiger partial charge in [0.05, 0.1) is 0 Å². The number of carbonyl (C=O) groups is 1. The highest BCUT2D eigenvalue weighted by Gasteiger charge is 2.20. The first-order valence-corrected chi connectivity index (χ1v) is 7.01. The second-order valence-electron chi connectivity index (χ2n) is 5.75. The molecule has 0 aromatic carbocycles. The van der Waals surface area contributed by atoms with Crippen LogP contribution in [-0.4, -0.2) is 48.7 Å². The van der Waals surface area contributed by atoms with Crippen LogP contribution >= 0.6 is 0 Å². The van der Waals surface area contributed by atoms with Crippen LogP contribution in [0.4, 0.5) is 4.79 Å². The van der Waals surface area contributed by atoms with Crippen LogP contribution < -0.4 is 0 Å². The van der Waals surface area contributed by atoms with E-state index in [0.717, 1.165) is 12.8 Å². The average molecular weight is 275 g/mol. The fourth-order valence-corrected chi connectivity index (χ4v) is 1.85. The van der Waals surface area contributed by atoms with Crippen LogP contribution in [0, 0.1) is 5.41 Å². The summed E-state index contributed by atoms with van der Waals surface area (Å²) in [7, 11) is 0. The van der Waals surface area contributed by atoms with Gasteiger partial charge in [-0.25, -0.2) is 4.79 Å². The Balaban J connectivity index is 4.13. The van der Waals surface area contributed by atoms with E-state index in [1.165, 1.54) is 4.90 Å². The summed E-state index contributed by atoms with van der Waals surface area (Å²) in [6.45, 7) is 12.2. The lowest BCUT2D eigenvalue weighted by Gasteiger charge is -2.28. The Bertz CT molecular complexity index is 244. The van der Waals surface area contributed by atoms with Crippen LogP contribution in [0.1, 0.15) is 47.5 Å². The van der Waals surface area contributed by atoms with E-state index >= 15 is 0 Å². The molecule has 1 N–H and O–H groups in total. The lowest BCUT2D eigenvalue weighted by atomic mass is 9.96. The number of hydrogen-bond donors (Lipinski definition) is 1. The van der Waals surface area contributed by atoms with Crippen molar-refractivity contribution in [2.45, 2.75) is 53.8 Å². The molecular weight excluding hydrogens is 246 g/mol. The van der Waals surface area contributed by atoms with Gasteiger partial charge < -0.3 is 19.5 Å². The lowest BCUT2D eigenvalue weighted by Crippen LogP contribution is -2.37. The van der Waals surface area contributed by atoms with Crippen LogP contribution in [0.5, 0.6) is 0 Å². The van der Waals surface area contributed by atoms with Crippen LogP contribution in [0.15, 0.2) is 0 Å². The molecule has 0 aliphatic heterocycles. The highest BCUT2D eigenvalue weighted by Crippen LogP contribution is 2.16. The number of ether oxygens (including phenoxy) is 2. The molecule has 114 valence electrons. The fraction of sp³-hybridized carbons (Fsp3) is 0.929. The van der Waals surface area contributed by atoms with Gasteiger partial charge in [-0.3, -0.25) is 0 Å². The number of hydrogen-bond acceptors (Lipinski definition) is 3. The van der Waals surface area contributed by atoms with Gasteiger partial charge in [-0.15, -0.1) is 0 Å². The minimum absolute atomic E-state index is 0.0301. The third-order valence-electron chi connectivity index (χ3n) is 2.51. The van der Waals surface area contributed by atoms with E-state index in [-0.39, 0.29) is 11.7 Å². The maximum absolute atomic E-state index is 11.2. The Morgan fingerprint density at radius 3 is 2.11 bits per heavy atom. The van der Waals surface area contributed by atoms with Crippen molar-refractivity contribution in [3.8, 4) is 0 Å². The summed E-state index contributed by atoms with van der Waals surface area (Å²) in [4.78, 5) is 12.6. The highest BCUT2D eigenvalue weighted by atomic mass is 16.7. The molecule has 0 aliphatic rings. The molecule has 1 amide bonds. The van der Waals surface area contributed by atoms with Gasteiger partial charge in [0.15, 0.2) is 6.29 Å². The first kappa shape index (κ1) is 18.2. The number of nitrogens with zero attached hydrogens (tertiary/aromatic N) is 1. The van der Waals surface area contributed by atoms with Gasteiger partial charge in [0.2, 0.25) is 0 Å². The van der Waals surface area contributed by atoms with Crippen molar-refractivity contribution in [3.05, 3.63) is 0 Å². The first-order chi connectivity index (χ1) is 8.80. The molecule has 0 saturated carbocycles. The zero-order chi connectivity index (χ0) is 14.9. The molecule has 19 heavy (non-hydrogen) atoms. The molecule has 0 unspecified atom stereocenters. The SMILES string of the molecule is CCOC(CCCN(CC(C)(C)C)C(=O)O)OCC. The molecule has 0 atom stereocenters. The Morgan fingerprint density at radius 1 is 1.21 bits per heavy atom. The molecule has 0 saturated heterocycles. The third kappa shape index (κ3) is 9.73. The van der Waals surface area contributed by atoms with Crippen molar-refractivity contribution >= 4 is 6.09 Å². The molecule has 0 aromatic heterocycles. The molecule has 0 aliphatic carbocycles. The van der Waals surface area contributed by atoms with E-state index in [4.69, 9.17) is 9.47 Å². The van der Waals surface area contributed by atoms with Gasteiger partial charge in [-0.1, -0.05) is 20.8 Å². The van der Waals surface area contributed by atoms with Gasteiger partial charge in [0, 0.05) is 32.7 Å². The molecule has 5 nitrogen and oxygen atoms in total. The smallest absolute Gasteiger partial charge is 0.407 e. The third-order valence-corrected chi connectivity index (χ3v) is 2.51. The summed E-state index contributed by atoms with van der Waals surface area (Å²) in [5, 5.41) is 9.17. The van der Waals surface area contributed by atoms with Crippen molar-refractivity contribution in [2.75, 3.05) is 26.3 Å². The minimum atomic E-state index is -0.862. The van der Waals surface area contributed by atoms with Crippen molar-refractivity contribution in [1.82, 2.24) is 4.90 Å². The Hall–Kier alpha value is -0.810. The molecule has 0 rings (SSSR count). The summed E-state index contributed by atoms with van der Waals surface area (Å²) < 4.78 is 10.9. The summed E-state index contributed by atoms with van der Waals surface area (Å²) in [5.74, 6) is 0. The molecule has 0 bridgehead atoms. The first-order valence-electron chi connectivity index (χ1n) is 7.01. The minimum Gasteiger partial charge on any atom is -0.465 e. The van der Waals surface area contributed by atoms with Gasteiger partial charge in [-0.2, -0.15) is 0 Å². The van der Waals surface area contributed by atoms with Crippen molar-refractivity contribution in [3.63, 3.8) is 0 Å². The van der Waals surface area contributed by atoms with E-state index in [1.54, 1.807) is 0 Å². The molecular formula is C14H29NO4. The van der Waals surface area contributed by atoms with Crippen molar-refractivity contribution < 1.29 is 19.4 Å². The van der Waals surface area contributed by atoms with Crippen LogP contribution in [-0.2, 0) is 9.47 Å². The quantitative estimate of drug-likeness (QED) is 0.656. The van der Waals surface area contributed by atoms with Gasteiger partial charge in [0.1, 0.15) is 0 Å². The zero-order valence-corrected chi connectivity index (χ0v) is 12.9.